The van der Waals surface area contributed by atoms with Crippen LogP contribution >= 0.6 is 11.8 Å². The van der Waals surface area contributed by atoms with Crippen LogP contribution in [0.15, 0.2) is 16.2 Å². The molecule has 0 radical (unpaired) electrons. The second-order valence-corrected chi connectivity index (χ2v) is 5.13. The molecule has 108 valence electrons. The molecule has 0 N–H and O–H groups in total. The third-order valence-electron chi connectivity index (χ3n) is 2.62. The van der Waals surface area contributed by atoms with E-state index in [4.69, 9.17) is 0 Å². The Morgan fingerprint density at radius 3 is 2.95 bits per heavy atom. The summed E-state index contributed by atoms with van der Waals surface area (Å²) in [4.78, 5) is 15.6. The van der Waals surface area contributed by atoms with Crippen molar-refractivity contribution in [2.45, 2.75) is 30.6 Å². The Balaban J connectivity index is 2.34. The second kappa shape index (κ2) is 6.32. The molecule has 0 bridgehead atoms. The summed E-state index contributed by atoms with van der Waals surface area (Å²) in [6.07, 6.45) is 0. The van der Waals surface area contributed by atoms with E-state index in [1.807, 2.05) is 19.9 Å². The minimum Gasteiger partial charge on any atom is -0.468 e. The number of rotatable bonds is 4. The van der Waals surface area contributed by atoms with Gasteiger partial charge in [-0.1, -0.05) is 0 Å². The fraction of sp³-hybridized carbons (Fsp3) is 0.333. The molecule has 8 nitrogen and oxygen atoms in total. The Bertz CT molecular complexity index is 721. The maximum Gasteiger partial charge on any atom is 0.327 e. The second-order valence-electron chi connectivity index (χ2n) is 4.17. The number of hydrogen-bond donors (Lipinski definition) is 0. The highest BCUT2D eigenvalue weighted by molar-refractivity contribution is 7.99. The van der Waals surface area contributed by atoms with Gasteiger partial charge >= 0.3 is 5.97 Å². The van der Waals surface area contributed by atoms with Crippen molar-refractivity contribution in [1.29, 1.82) is 5.26 Å². The first-order valence-electron chi connectivity index (χ1n) is 5.94. The molecule has 0 unspecified atom stereocenters. The molecule has 0 atom stereocenters. The molecule has 0 fully saturated rings. The molecule has 21 heavy (non-hydrogen) atoms. The van der Waals surface area contributed by atoms with Gasteiger partial charge in [-0.15, -0.1) is 5.10 Å². The van der Waals surface area contributed by atoms with Crippen molar-refractivity contribution in [3.8, 4) is 6.07 Å². The molecule has 0 aliphatic heterocycles. The van der Waals surface area contributed by atoms with Crippen molar-refractivity contribution in [1.82, 2.24) is 25.2 Å². The van der Waals surface area contributed by atoms with Gasteiger partial charge in [-0.2, -0.15) is 5.26 Å². The number of aromatic nitrogens is 5. The van der Waals surface area contributed by atoms with Crippen LogP contribution in [0.25, 0.3) is 0 Å². The maximum absolute atomic E-state index is 11.3. The van der Waals surface area contributed by atoms with Crippen LogP contribution < -0.4 is 0 Å². The average molecular weight is 304 g/mol. The van der Waals surface area contributed by atoms with E-state index in [1.165, 1.54) is 11.8 Å². The van der Waals surface area contributed by atoms with Crippen molar-refractivity contribution in [3.05, 3.63) is 22.9 Å². The van der Waals surface area contributed by atoms with E-state index in [9.17, 15) is 10.1 Å². The zero-order chi connectivity index (χ0) is 15.4. The largest absolute Gasteiger partial charge is 0.468 e. The van der Waals surface area contributed by atoms with Gasteiger partial charge in [-0.25, -0.2) is 9.67 Å². The minimum absolute atomic E-state index is 0.0987. The molecule has 0 spiro atoms. The zero-order valence-electron chi connectivity index (χ0n) is 11.7. The predicted molar refractivity (Wildman–Crippen MR) is 72.4 cm³/mol. The van der Waals surface area contributed by atoms with Gasteiger partial charge in [0.2, 0.25) is 5.16 Å². The van der Waals surface area contributed by atoms with Crippen molar-refractivity contribution < 1.29 is 9.53 Å². The Kier molecular flexibility index (Phi) is 4.49. The summed E-state index contributed by atoms with van der Waals surface area (Å²) in [6, 6.07) is 3.96. The Morgan fingerprint density at radius 1 is 1.52 bits per heavy atom. The van der Waals surface area contributed by atoms with Crippen molar-refractivity contribution in [3.63, 3.8) is 0 Å². The number of carbonyl (C=O) groups is 1. The van der Waals surface area contributed by atoms with Gasteiger partial charge in [-0.05, 0) is 47.7 Å². The van der Waals surface area contributed by atoms with Crippen LogP contribution in [-0.2, 0) is 16.1 Å². The van der Waals surface area contributed by atoms with Gasteiger partial charge in [0.25, 0.3) is 0 Å². The number of hydrogen-bond acceptors (Lipinski definition) is 8. The SMILES string of the molecule is COC(=O)Cn1nnnc1Sc1nc(C)cc(C)c1C#N. The fourth-order valence-corrected chi connectivity index (χ4v) is 2.61. The lowest BCUT2D eigenvalue weighted by Crippen LogP contribution is -2.13. The summed E-state index contributed by atoms with van der Waals surface area (Å²) in [7, 11) is 1.29. The molecule has 2 aromatic rings. The molecule has 9 heteroatoms. The Morgan fingerprint density at radius 2 is 2.29 bits per heavy atom. The smallest absolute Gasteiger partial charge is 0.327 e. The van der Waals surface area contributed by atoms with Gasteiger partial charge in [0.1, 0.15) is 17.6 Å². The van der Waals surface area contributed by atoms with E-state index in [-0.39, 0.29) is 6.54 Å². The molecule has 0 aliphatic rings. The molecular formula is C12H12N6O2S. The lowest BCUT2D eigenvalue weighted by Gasteiger charge is -2.07. The summed E-state index contributed by atoms with van der Waals surface area (Å²) < 4.78 is 5.88. The quantitative estimate of drug-likeness (QED) is 0.766. The summed E-state index contributed by atoms with van der Waals surface area (Å²) in [6.45, 7) is 3.59. The van der Waals surface area contributed by atoms with E-state index >= 15 is 0 Å². The van der Waals surface area contributed by atoms with Crippen LogP contribution in [0, 0.1) is 25.2 Å². The van der Waals surface area contributed by atoms with Crippen LogP contribution in [0.2, 0.25) is 0 Å². The third-order valence-corrected chi connectivity index (χ3v) is 3.58. The molecule has 2 heterocycles. The fourth-order valence-electron chi connectivity index (χ4n) is 1.65. The number of esters is 1. The first kappa shape index (κ1) is 14.9. The topological polar surface area (TPSA) is 107 Å². The van der Waals surface area contributed by atoms with Gasteiger partial charge in [0.15, 0.2) is 0 Å². The third kappa shape index (κ3) is 3.35. The normalized spacial score (nSPS) is 10.2. The van der Waals surface area contributed by atoms with Crippen LogP contribution in [0.5, 0.6) is 0 Å². The predicted octanol–water partition coefficient (Wildman–Crippen LogP) is 0.881. The van der Waals surface area contributed by atoms with E-state index < -0.39 is 5.97 Å². The molecule has 0 aliphatic carbocycles. The van der Waals surface area contributed by atoms with Crippen LogP contribution in [0.4, 0.5) is 0 Å². The molecule has 0 aromatic carbocycles. The first-order chi connectivity index (χ1) is 10.0. The molecule has 0 amide bonds. The van der Waals surface area contributed by atoms with Gasteiger partial charge in [0.05, 0.1) is 12.7 Å². The van der Waals surface area contributed by atoms with Crippen molar-refractivity contribution >= 4 is 17.7 Å². The number of ether oxygens (including phenoxy) is 1. The van der Waals surface area contributed by atoms with Crippen LogP contribution in [-0.4, -0.2) is 38.3 Å². The van der Waals surface area contributed by atoms with Crippen LogP contribution in [0.3, 0.4) is 0 Å². The summed E-state index contributed by atoms with van der Waals surface area (Å²) in [5.74, 6) is -0.460. The monoisotopic (exact) mass is 304 g/mol. The highest BCUT2D eigenvalue weighted by Crippen LogP contribution is 2.28. The standard InChI is InChI=1S/C12H12N6O2S/c1-7-4-8(2)14-11(9(7)5-13)21-12-15-16-17-18(12)6-10(19)20-3/h4H,6H2,1-3H3. The summed E-state index contributed by atoms with van der Waals surface area (Å²) in [5, 5.41) is 21.2. The minimum atomic E-state index is -0.460. The number of pyridine rings is 1. The van der Waals surface area contributed by atoms with Gasteiger partial charge in [-0.3, -0.25) is 4.79 Å². The number of tetrazole rings is 1. The maximum atomic E-state index is 11.3. The average Bonchev–Trinajstić information content (AvgIpc) is 2.85. The Hall–Kier alpha value is -2.47. The van der Waals surface area contributed by atoms with E-state index in [0.29, 0.717) is 15.7 Å². The molecule has 0 saturated carbocycles. The summed E-state index contributed by atoms with van der Waals surface area (Å²) >= 11 is 1.14. The first-order valence-corrected chi connectivity index (χ1v) is 6.76. The molecule has 2 aromatic heterocycles. The lowest BCUT2D eigenvalue weighted by atomic mass is 10.1. The zero-order valence-corrected chi connectivity index (χ0v) is 12.5. The van der Waals surface area contributed by atoms with E-state index in [2.05, 4.69) is 31.3 Å². The molecule has 2 rings (SSSR count). The van der Waals surface area contributed by atoms with E-state index in [1.54, 1.807) is 0 Å². The number of methoxy groups -OCH3 is 1. The van der Waals surface area contributed by atoms with Crippen molar-refractivity contribution in [2.24, 2.45) is 0 Å². The van der Waals surface area contributed by atoms with Gasteiger partial charge < -0.3 is 4.74 Å². The van der Waals surface area contributed by atoms with Crippen molar-refractivity contribution in [2.75, 3.05) is 7.11 Å². The number of aryl methyl sites for hydroxylation is 2. The molecular weight excluding hydrogens is 292 g/mol. The van der Waals surface area contributed by atoms with E-state index in [0.717, 1.165) is 23.0 Å². The Labute approximate surface area is 125 Å². The van der Waals surface area contributed by atoms with Gasteiger partial charge in [0, 0.05) is 5.69 Å². The highest BCUT2D eigenvalue weighted by atomic mass is 32.2. The highest BCUT2D eigenvalue weighted by Gasteiger charge is 2.16. The number of nitriles is 1. The van der Waals surface area contributed by atoms with Crippen LogP contribution in [0.1, 0.15) is 16.8 Å². The number of nitrogens with zero attached hydrogens (tertiary/aromatic N) is 6. The lowest BCUT2D eigenvalue weighted by molar-refractivity contribution is -0.141. The molecule has 0 saturated heterocycles. The number of carbonyl (C=O) groups excluding carboxylic acids is 1. The summed E-state index contributed by atoms with van der Waals surface area (Å²) in [5.41, 5.74) is 2.10.